The van der Waals surface area contributed by atoms with Crippen molar-refractivity contribution in [2.24, 2.45) is 11.7 Å². The number of carbonyl (C=O) groups excluding carboxylic acids is 1. The molecule has 0 bridgehead atoms. The normalized spacial score (nSPS) is 14.4. The molecule has 0 aromatic heterocycles. The minimum atomic E-state index is 0.0725. The quantitative estimate of drug-likeness (QED) is 0.674. The first-order valence-electron chi connectivity index (χ1n) is 10.2. The number of nitrogens with zero attached hydrogens (tertiary/aromatic N) is 2. The lowest BCUT2D eigenvalue weighted by atomic mass is 10.0. The van der Waals surface area contributed by atoms with Gasteiger partial charge < -0.3 is 20.9 Å². The summed E-state index contributed by atoms with van der Waals surface area (Å²) in [6, 6.07) is 15.8. The zero-order valence-electron chi connectivity index (χ0n) is 17.3. The molecular formula is C24H30N4O. The fourth-order valence-corrected chi connectivity index (χ4v) is 3.97. The Balaban J connectivity index is 1.67. The van der Waals surface area contributed by atoms with Crippen molar-refractivity contribution < 1.29 is 4.79 Å². The summed E-state index contributed by atoms with van der Waals surface area (Å²) in [5.41, 5.74) is 10.6. The van der Waals surface area contributed by atoms with Crippen LogP contribution >= 0.6 is 0 Å². The summed E-state index contributed by atoms with van der Waals surface area (Å²) in [5, 5.41) is 7.50. The Labute approximate surface area is 173 Å². The molecule has 2 aromatic carbocycles. The van der Waals surface area contributed by atoms with Crippen molar-refractivity contribution >= 4 is 23.4 Å². The van der Waals surface area contributed by atoms with E-state index < -0.39 is 0 Å². The van der Waals surface area contributed by atoms with Gasteiger partial charge in [0.1, 0.15) is 0 Å². The van der Waals surface area contributed by atoms with Gasteiger partial charge in [-0.25, -0.2) is 0 Å². The van der Waals surface area contributed by atoms with Gasteiger partial charge in [-0.3, -0.25) is 4.79 Å². The molecule has 5 nitrogen and oxygen atoms in total. The number of anilines is 1. The maximum Gasteiger partial charge on any atom is 0.253 e. The molecule has 3 rings (SSSR count). The maximum absolute atomic E-state index is 12.7. The molecule has 1 unspecified atom stereocenters. The lowest BCUT2D eigenvalue weighted by molar-refractivity contribution is 0.0772. The van der Waals surface area contributed by atoms with E-state index >= 15 is 0 Å². The minimum absolute atomic E-state index is 0.0725. The van der Waals surface area contributed by atoms with E-state index in [9.17, 15) is 4.79 Å². The fraction of sp³-hybridized carbons (Fsp3) is 0.333. The smallest absolute Gasteiger partial charge is 0.253 e. The van der Waals surface area contributed by atoms with Crippen LogP contribution in [0.5, 0.6) is 0 Å². The summed E-state index contributed by atoms with van der Waals surface area (Å²) >= 11 is 0. The van der Waals surface area contributed by atoms with E-state index in [4.69, 9.17) is 11.1 Å². The summed E-state index contributed by atoms with van der Waals surface area (Å²) in [5.74, 6) is 0.475. The summed E-state index contributed by atoms with van der Waals surface area (Å²) in [4.78, 5) is 16.9. The highest BCUT2D eigenvalue weighted by molar-refractivity contribution is 6.08. The third-order valence-electron chi connectivity index (χ3n) is 5.70. The molecule has 2 aromatic rings. The van der Waals surface area contributed by atoms with Crippen molar-refractivity contribution in [2.45, 2.75) is 19.8 Å². The Morgan fingerprint density at radius 2 is 2.00 bits per heavy atom. The largest absolute Gasteiger partial charge is 0.404 e. The molecule has 0 radical (unpaired) electrons. The van der Waals surface area contributed by atoms with Crippen LogP contribution in [-0.2, 0) is 6.42 Å². The number of amides is 1. The minimum Gasteiger partial charge on any atom is -0.404 e. The second kappa shape index (κ2) is 9.41. The molecule has 29 heavy (non-hydrogen) atoms. The first kappa shape index (κ1) is 20.6. The highest BCUT2D eigenvalue weighted by Crippen LogP contribution is 2.31. The Kier molecular flexibility index (Phi) is 6.70. The maximum atomic E-state index is 12.7. The van der Waals surface area contributed by atoms with Crippen LogP contribution in [0, 0.1) is 11.3 Å². The topological polar surface area (TPSA) is 73.4 Å². The average Bonchev–Trinajstić information content (AvgIpc) is 3.16. The Morgan fingerprint density at radius 1 is 1.24 bits per heavy atom. The van der Waals surface area contributed by atoms with Gasteiger partial charge in [0.05, 0.1) is 0 Å². The molecule has 152 valence electrons. The number of allylic oxidation sites excluding steroid dienone is 1. The molecule has 0 spiro atoms. The number of nitrogens with one attached hydrogen (secondary N) is 1. The standard InChI is InChI=1S/C24H30N4O/c1-3-18(16-27(2)24(29)19-7-5-4-6-8-19)17-28-12-11-21-13-20(9-10-23(21)28)22(14-25)15-26/h4-10,13-15,18,25H,3,11-12,16-17,26H2,1-2H3/b22-15+,25-14?. The zero-order chi connectivity index (χ0) is 20.8. The molecule has 0 fully saturated rings. The second-order valence-electron chi connectivity index (χ2n) is 7.63. The molecule has 5 heteroatoms. The monoisotopic (exact) mass is 390 g/mol. The van der Waals surface area contributed by atoms with E-state index in [1.807, 2.05) is 48.3 Å². The molecule has 1 heterocycles. The third kappa shape index (κ3) is 4.67. The first-order chi connectivity index (χ1) is 14.1. The number of carbonyl (C=O) groups is 1. The van der Waals surface area contributed by atoms with Crippen LogP contribution in [-0.4, -0.2) is 43.7 Å². The lowest BCUT2D eigenvalue weighted by Crippen LogP contribution is -2.37. The third-order valence-corrected chi connectivity index (χ3v) is 5.70. The summed E-state index contributed by atoms with van der Waals surface area (Å²) in [6.45, 7) is 4.84. The number of hydrogen-bond donors (Lipinski definition) is 2. The van der Waals surface area contributed by atoms with Gasteiger partial charge in [-0.05, 0) is 54.2 Å². The fourth-order valence-electron chi connectivity index (χ4n) is 3.97. The highest BCUT2D eigenvalue weighted by atomic mass is 16.2. The van der Waals surface area contributed by atoms with Gasteiger partial charge in [0.2, 0.25) is 0 Å². The molecule has 1 aliphatic heterocycles. The lowest BCUT2D eigenvalue weighted by Gasteiger charge is -2.29. The van der Waals surface area contributed by atoms with Crippen molar-refractivity contribution in [3.8, 4) is 0 Å². The average molecular weight is 391 g/mol. The van der Waals surface area contributed by atoms with Crippen LogP contribution in [0.15, 0.2) is 54.7 Å². The van der Waals surface area contributed by atoms with Gasteiger partial charge >= 0.3 is 0 Å². The van der Waals surface area contributed by atoms with Crippen LogP contribution in [0.1, 0.15) is 34.8 Å². The molecule has 0 saturated heterocycles. The van der Waals surface area contributed by atoms with Gasteiger partial charge in [-0.1, -0.05) is 31.2 Å². The Bertz CT molecular complexity index is 891. The van der Waals surface area contributed by atoms with Crippen LogP contribution in [0.4, 0.5) is 5.69 Å². The van der Waals surface area contributed by atoms with Crippen LogP contribution in [0.3, 0.4) is 0 Å². The number of rotatable bonds is 8. The van der Waals surface area contributed by atoms with Crippen molar-refractivity contribution in [3.63, 3.8) is 0 Å². The van der Waals surface area contributed by atoms with Crippen LogP contribution in [0.25, 0.3) is 5.57 Å². The second-order valence-corrected chi connectivity index (χ2v) is 7.63. The Hall–Kier alpha value is -3.08. The molecular weight excluding hydrogens is 360 g/mol. The number of benzene rings is 2. The van der Waals surface area contributed by atoms with Crippen molar-refractivity contribution in [3.05, 3.63) is 71.4 Å². The van der Waals surface area contributed by atoms with E-state index in [-0.39, 0.29) is 5.91 Å². The van der Waals surface area contributed by atoms with Crippen molar-refractivity contribution in [1.82, 2.24) is 4.90 Å². The van der Waals surface area contributed by atoms with Gasteiger partial charge in [-0.2, -0.15) is 0 Å². The van der Waals surface area contributed by atoms with Crippen LogP contribution in [0.2, 0.25) is 0 Å². The molecule has 1 atom stereocenters. The predicted molar refractivity (Wildman–Crippen MR) is 120 cm³/mol. The molecule has 1 aliphatic rings. The van der Waals surface area contributed by atoms with Crippen LogP contribution < -0.4 is 10.6 Å². The van der Waals surface area contributed by atoms with E-state index in [0.717, 1.165) is 49.2 Å². The van der Waals surface area contributed by atoms with E-state index in [1.165, 1.54) is 23.7 Å². The Morgan fingerprint density at radius 3 is 2.66 bits per heavy atom. The molecule has 0 saturated carbocycles. The van der Waals surface area contributed by atoms with E-state index in [0.29, 0.717) is 5.92 Å². The van der Waals surface area contributed by atoms with Gasteiger partial charge in [0, 0.05) is 55.9 Å². The van der Waals surface area contributed by atoms with Crippen molar-refractivity contribution in [2.75, 3.05) is 31.6 Å². The number of nitrogens with two attached hydrogens (primary N) is 1. The van der Waals surface area contributed by atoms with Gasteiger partial charge in [0.25, 0.3) is 5.91 Å². The van der Waals surface area contributed by atoms with Gasteiger partial charge in [-0.15, -0.1) is 0 Å². The zero-order valence-corrected chi connectivity index (χ0v) is 17.3. The molecule has 0 aliphatic carbocycles. The van der Waals surface area contributed by atoms with E-state index in [2.05, 4.69) is 24.0 Å². The summed E-state index contributed by atoms with van der Waals surface area (Å²) < 4.78 is 0. The summed E-state index contributed by atoms with van der Waals surface area (Å²) in [6.07, 6.45) is 4.79. The number of fused-ring (bicyclic) bond motifs is 1. The van der Waals surface area contributed by atoms with E-state index in [1.54, 1.807) is 0 Å². The predicted octanol–water partition coefficient (Wildman–Crippen LogP) is 3.80. The highest BCUT2D eigenvalue weighted by Gasteiger charge is 2.24. The first-order valence-corrected chi connectivity index (χ1v) is 10.2. The SMILES string of the molecule is CCC(CN(C)C(=O)c1ccccc1)CN1CCc2cc(/C(C=N)=C/N)ccc21. The summed E-state index contributed by atoms with van der Waals surface area (Å²) in [7, 11) is 1.89. The molecule has 1 amide bonds. The van der Waals surface area contributed by atoms with Crippen molar-refractivity contribution in [1.29, 1.82) is 5.41 Å². The molecule has 3 N–H and O–H groups in total. The number of hydrogen-bond acceptors (Lipinski definition) is 4. The van der Waals surface area contributed by atoms with Gasteiger partial charge in [0.15, 0.2) is 0 Å².